The van der Waals surface area contributed by atoms with Crippen molar-refractivity contribution < 1.29 is 19.6 Å². The Morgan fingerprint density at radius 1 is 1.54 bits per heavy atom. The zero-order valence-electron chi connectivity index (χ0n) is 12.9. The molecule has 10 nitrogen and oxygen atoms in total. The Morgan fingerprint density at radius 3 is 2.88 bits per heavy atom. The number of aromatic amines is 1. The number of aromatic nitrogens is 2. The predicted molar refractivity (Wildman–Crippen MR) is 84.3 cm³/mol. The van der Waals surface area contributed by atoms with E-state index in [1.165, 1.54) is 12.3 Å². The molecular weight excluding hydrogens is 318 g/mol. The van der Waals surface area contributed by atoms with Gasteiger partial charge in [0.1, 0.15) is 0 Å². The topological polar surface area (TPSA) is 143 Å². The van der Waals surface area contributed by atoms with Crippen LogP contribution in [0.25, 0.3) is 0 Å². The van der Waals surface area contributed by atoms with Crippen LogP contribution in [-0.4, -0.2) is 39.0 Å². The number of benzene rings is 1. The van der Waals surface area contributed by atoms with Crippen molar-refractivity contribution in [3.05, 3.63) is 45.3 Å². The van der Waals surface area contributed by atoms with E-state index < -0.39 is 22.3 Å². The van der Waals surface area contributed by atoms with Crippen LogP contribution in [0.2, 0.25) is 0 Å². The second-order valence-electron chi connectivity index (χ2n) is 4.71. The SMILES string of the molecule is CCOc1cc(/C=N\NC(=O)c2cc(C)[nH]n2)cc([N+](=O)[O-])c1O. The Labute approximate surface area is 136 Å². The number of nitro groups is 1. The quantitative estimate of drug-likeness (QED) is 0.415. The average molecular weight is 333 g/mol. The number of hydrogen-bond acceptors (Lipinski definition) is 7. The van der Waals surface area contributed by atoms with Gasteiger partial charge in [0, 0.05) is 17.3 Å². The van der Waals surface area contributed by atoms with E-state index in [0.29, 0.717) is 0 Å². The van der Waals surface area contributed by atoms with Crippen molar-refractivity contribution in [3.8, 4) is 11.5 Å². The van der Waals surface area contributed by atoms with E-state index in [4.69, 9.17) is 4.74 Å². The van der Waals surface area contributed by atoms with Crippen molar-refractivity contribution in [3.63, 3.8) is 0 Å². The van der Waals surface area contributed by atoms with Gasteiger partial charge in [-0.15, -0.1) is 0 Å². The molecule has 0 radical (unpaired) electrons. The number of amides is 1. The molecule has 1 aromatic heterocycles. The summed E-state index contributed by atoms with van der Waals surface area (Å²) >= 11 is 0. The summed E-state index contributed by atoms with van der Waals surface area (Å²) in [7, 11) is 0. The van der Waals surface area contributed by atoms with Crippen molar-refractivity contribution in [1.29, 1.82) is 0 Å². The Hall–Kier alpha value is -3.43. The third-order valence-electron chi connectivity index (χ3n) is 2.89. The summed E-state index contributed by atoms with van der Waals surface area (Å²) in [5.41, 5.74) is 2.90. The molecule has 0 unspecified atom stereocenters. The predicted octanol–water partition coefficient (Wildman–Crippen LogP) is 1.49. The van der Waals surface area contributed by atoms with Crippen molar-refractivity contribution in [2.24, 2.45) is 5.10 Å². The first-order chi connectivity index (χ1) is 11.4. The molecule has 10 heteroatoms. The lowest BCUT2D eigenvalue weighted by Gasteiger charge is -2.07. The minimum Gasteiger partial charge on any atom is -0.500 e. The highest BCUT2D eigenvalue weighted by atomic mass is 16.6. The molecule has 0 aliphatic heterocycles. The average Bonchev–Trinajstić information content (AvgIpc) is 2.96. The molecule has 3 N–H and O–H groups in total. The number of phenolic OH excluding ortho intramolecular Hbond substituents is 1. The molecule has 1 heterocycles. The smallest absolute Gasteiger partial charge is 0.315 e. The van der Waals surface area contributed by atoms with Crippen LogP contribution in [0, 0.1) is 17.0 Å². The number of aryl methyl sites for hydroxylation is 1. The molecule has 2 rings (SSSR count). The third-order valence-corrected chi connectivity index (χ3v) is 2.89. The number of nitro benzene ring substituents is 1. The van der Waals surface area contributed by atoms with Crippen LogP contribution in [-0.2, 0) is 0 Å². The van der Waals surface area contributed by atoms with E-state index in [9.17, 15) is 20.0 Å². The largest absolute Gasteiger partial charge is 0.500 e. The van der Waals surface area contributed by atoms with Gasteiger partial charge in [-0.2, -0.15) is 10.2 Å². The van der Waals surface area contributed by atoms with Gasteiger partial charge in [-0.1, -0.05) is 0 Å². The number of ether oxygens (including phenoxy) is 1. The number of nitrogens with zero attached hydrogens (tertiary/aromatic N) is 3. The van der Waals surface area contributed by atoms with E-state index in [0.717, 1.165) is 11.8 Å². The van der Waals surface area contributed by atoms with Crippen LogP contribution >= 0.6 is 0 Å². The number of carbonyl (C=O) groups excluding carboxylic acids is 1. The van der Waals surface area contributed by atoms with E-state index in [2.05, 4.69) is 20.7 Å². The van der Waals surface area contributed by atoms with Crippen molar-refractivity contribution in [1.82, 2.24) is 15.6 Å². The fourth-order valence-electron chi connectivity index (χ4n) is 1.85. The fraction of sp³-hybridized carbons (Fsp3) is 0.214. The second-order valence-corrected chi connectivity index (χ2v) is 4.71. The summed E-state index contributed by atoms with van der Waals surface area (Å²) in [6.45, 7) is 3.65. The fourth-order valence-corrected chi connectivity index (χ4v) is 1.85. The molecule has 0 saturated heterocycles. The summed E-state index contributed by atoms with van der Waals surface area (Å²) in [5, 5.41) is 30.9. The number of aromatic hydroxyl groups is 1. The molecule has 0 saturated carbocycles. The highest BCUT2D eigenvalue weighted by Crippen LogP contribution is 2.36. The first-order valence-corrected chi connectivity index (χ1v) is 6.92. The first-order valence-electron chi connectivity index (χ1n) is 6.92. The van der Waals surface area contributed by atoms with Crippen molar-refractivity contribution >= 4 is 17.8 Å². The molecule has 1 aromatic carbocycles. The summed E-state index contributed by atoms with van der Waals surface area (Å²) in [4.78, 5) is 22.0. The molecule has 0 bridgehead atoms. The Morgan fingerprint density at radius 2 is 2.29 bits per heavy atom. The summed E-state index contributed by atoms with van der Waals surface area (Å²) in [6.07, 6.45) is 1.20. The minimum atomic E-state index is -0.736. The molecule has 1 amide bonds. The third kappa shape index (κ3) is 3.85. The maximum absolute atomic E-state index is 11.8. The second kappa shape index (κ2) is 7.22. The van der Waals surface area contributed by atoms with Gasteiger partial charge in [0.25, 0.3) is 5.91 Å². The van der Waals surface area contributed by atoms with Gasteiger partial charge in [-0.3, -0.25) is 20.0 Å². The van der Waals surface area contributed by atoms with Gasteiger partial charge in [0.2, 0.25) is 5.75 Å². The van der Waals surface area contributed by atoms with Gasteiger partial charge in [-0.05, 0) is 26.0 Å². The monoisotopic (exact) mass is 333 g/mol. The zero-order valence-corrected chi connectivity index (χ0v) is 12.9. The molecule has 126 valence electrons. The van der Waals surface area contributed by atoms with Crippen molar-refractivity contribution in [2.75, 3.05) is 6.61 Å². The maximum atomic E-state index is 11.8. The highest BCUT2D eigenvalue weighted by molar-refractivity contribution is 5.93. The van der Waals surface area contributed by atoms with Gasteiger partial charge >= 0.3 is 5.69 Å². The normalized spacial score (nSPS) is 10.8. The number of H-pyrrole nitrogens is 1. The van der Waals surface area contributed by atoms with Gasteiger partial charge in [0.15, 0.2) is 11.4 Å². The van der Waals surface area contributed by atoms with Crippen LogP contribution in [0.15, 0.2) is 23.3 Å². The number of nitrogens with one attached hydrogen (secondary N) is 2. The maximum Gasteiger partial charge on any atom is 0.315 e. The molecule has 24 heavy (non-hydrogen) atoms. The summed E-state index contributed by atoms with van der Waals surface area (Å²) < 4.78 is 5.15. The molecule has 2 aromatic rings. The Balaban J connectivity index is 2.19. The zero-order chi connectivity index (χ0) is 17.7. The standard InChI is InChI=1S/C14H15N5O5/c1-3-24-12-6-9(5-11(13(12)20)19(22)23)7-15-18-14(21)10-4-8(2)16-17-10/h4-7,20H,3H2,1-2H3,(H,16,17)(H,18,21)/b15-7-. The number of rotatable bonds is 6. The highest BCUT2D eigenvalue weighted by Gasteiger charge is 2.19. The lowest BCUT2D eigenvalue weighted by Crippen LogP contribution is -2.18. The minimum absolute atomic E-state index is 0.0394. The molecule has 0 atom stereocenters. The van der Waals surface area contributed by atoms with Crippen LogP contribution in [0.3, 0.4) is 0 Å². The molecule has 0 aliphatic carbocycles. The summed E-state index contributed by atoms with van der Waals surface area (Å²) in [5.74, 6) is -1.13. The lowest BCUT2D eigenvalue weighted by molar-refractivity contribution is -0.386. The number of phenols is 1. The Bertz CT molecular complexity index is 799. The van der Waals surface area contributed by atoms with Crippen LogP contribution in [0.1, 0.15) is 28.7 Å². The lowest BCUT2D eigenvalue weighted by atomic mass is 10.2. The van der Waals surface area contributed by atoms with E-state index in [1.807, 2.05) is 0 Å². The summed E-state index contributed by atoms with van der Waals surface area (Å²) in [6, 6.07) is 4.04. The molecule has 0 spiro atoms. The van der Waals surface area contributed by atoms with E-state index in [1.54, 1.807) is 19.9 Å². The number of hydrazone groups is 1. The van der Waals surface area contributed by atoms with Crippen LogP contribution in [0.4, 0.5) is 5.69 Å². The van der Waals surface area contributed by atoms with Gasteiger partial charge < -0.3 is 9.84 Å². The first kappa shape index (κ1) is 16.9. The molecule has 0 aliphatic rings. The molecule has 0 fully saturated rings. The van der Waals surface area contributed by atoms with E-state index >= 15 is 0 Å². The van der Waals surface area contributed by atoms with Crippen LogP contribution in [0.5, 0.6) is 11.5 Å². The van der Waals surface area contributed by atoms with E-state index in [-0.39, 0.29) is 23.6 Å². The van der Waals surface area contributed by atoms with Gasteiger partial charge in [-0.25, -0.2) is 5.43 Å². The van der Waals surface area contributed by atoms with Gasteiger partial charge in [0.05, 0.1) is 17.7 Å². The van der Waals surface area contributed by atoms with Crippen LogP contribution < -0.4 is 10.2 Å². The number of carbonyl (C=O) groups is 1. The number of hydrogen-bond donors (Lipinski definition) is 3. The van der Waals surface area contributed by atoms with Crippen molar-refractivity contribution in [2.45, 2.75) is 13.8 Å². The Kier molecular flexibility index (Phi) is 5.09. The molecular formula is C14H15N5O5.